The second kappa shape index (κ2) is 6.75. The third-order valence-corrected chi connectivity index (χ3v) is 3.42. The third kappa shape index (κ3) is 5.70. The van der Waals surface area contributed by atoms with Crippen LogP contribution in [0.15, 0.2) is 24.3 Å². The fourth-order valence-corrected chi connectivity index (χ4v) is 2.28. The number of benzene rings is 1. The Morgan fingerprint density at radius 2 is 2.20 bits per heavy atom. The number of anilines is 1. The van der Waals surface area contributed by atoms with Crippen molar-refractivity contribution in [3.63, 3.8) is 0 Å². The summed E-state index contributed by atoms with van der Waals surface area (Å²) in [6.45, 7) is 2.05. The lowest BCUT2D eigenvalue weighted by atomic mass is 10.1. The van der Waals surface area contributed by atoms with Crippen LogP contribution in [0.5, 0.6) is 0 Å². The summed E-state index contributed by atoms with van der Waals surface area (Å²) >= 11 is 1.93. The average Bonchev–Trinajstić information content (AvgIpc) is 2.17. The minimum atomic E-state index is 0.308. The molecular formula is C12H20N2S. The van der Waals surface area contributed by atoms with Crippen molar-refractivity contribution in [3.8, 4) is 0 Å². The molecule has 15 heavy (non-hydrogen) atoms. The van der Waals surface area contributed by atoms with Gasteiger partial charge < -0.3 is 11.5 Å². The van der Waals surface area contributed by atoms with Gasteiger partial charge >= 0.3 is 0 Å². The molecule has 0 aliphatic rings. The molecule has 0 fully saturated rings. The first-order valence-electron chi connectivity index (χ1n) is 5.36. The number of nitrogen functional groups attached to an aromatic ring is 1. The lowest BCUT2D eigenvalue weighted by Crippen LogP contribution is -2.17. The Balaban J connectivity index is 2.15. The molecule has 1 aromatic carbocycles. The lowest BCUT2D eigenvalue weighted by Gasteiger charge is -2.05. The quantitative estimate of drug-likeness (QED) is 0.576. The van der Waals surface area contributed by atoms with E-state index in [0.717, 1.165) is 17.9 Å². The molecule has 0 bridgehead atoms. The summed E-state index contributed by atoms with van der Waals surface area (Å²) in [4.78, 5) is 0. The van der Waals surface area contributed by atoms with Crippen molar-refractivity contribution in [1.29, 1.82) is 0 Å². The summed E-state index contributed by atoms with van der Waals surface area (Å²) < 4.78 is 0. The molecule has 0 radical (unpaired) electrons. The molecule has 0 aliphatic carbocycles. The Hall–Kier alpha value is -0.670. The summed E-state index contributed by atoms with van der Waals surface area (Å²) in [6.07, 6.45) is 2.30. The minimum Gasteiger partial charge on any atom is -0.399 e. The van der Waals surface area contributed by atoms with E-state index in [-0.39, 0.29) is 0 Å². The van der Waals surface area contributed by atoms with Gasteiger partial charge in [-0.15, -0.1) is 0 Å². The lowest BCUT2D eigenvalue weighted by molar-refractivity contribution is 0.844. The van der Waals surface area contributed by atoms with E-state index in [1.807, 2.05) is 30.8 Å². The molecule has 0 amide bonds. The highest BCUT2D eigenvalue weighted by Crippen LogP contribution is 2.11. The molecular weight excluding hydrogens is 204 g/mol. The van der Waals surface area contributed by atoms with Gasteiger partial charge in [-0.3, -0.25) is 0 Å². The van der Waals surface area contributed by atoms with Gasteiger partial charge in [0.2, 0.25) is 0 Å². The molecule has 1 atom stereocenters. The molecule has 3 heteroatoms. The first-order valence-corrected chi connectivity index (χ1v) is 6.51. The Morgan fingerprint density at radius 3 is 2.87 bits per heavy atom. The second-order valence-corrected chi connectivity index (χ2v) is 5.05. The molecule has 0 aliphatic heterocycles. The van der Waals surface area contributed by atoms with Gasteiger partial charge in [0.25, 0.3) is 0 Å². The zero-order chi connectivity index (χ0) is 11.1. The van der Waals surface area contributed by atoms with Gasteiger partial charge in [0.1, 0.15) is 0 Å². The van der Waals surface area contributed by atoms with Crippen LogP contribution in [0.4, 0.5) is 5.69 Å². The Morgan fingerprint density at radius 1 is 1.40 bits per heavy atom. The summed E-state index contributed by atoms with van der Waals surface area (Å²) in [5, 5.41) is 0. The summed E-state index contributed by atoms with van der Waals surface area (Å²) in [6, 6.07) is 8.43. The fraction of sp³-hybridized carbons (Fsp3) is 0.500. The summed E-state index contributed by atoms with van der Waals surface area (Å²) in [5.41, 5.74) is 13.6. The van der Waals surface area contributed by atoms with Crippen LogP contribution in [0, 0.1) is 0 Å². The SMILES string of the molecule is CC(N)CSCCCc1cccc(N)c1. The number of rotatable bonds is 6. The zero-order valence-electron chi connectivity index (χ0n) is 9.28. The summed E-state index contributed by atoms with van der Waals surface area (Å²) in [7, 11) is 0. The van der Waals surface area contributed by atoms with Crippen molar-refractivity contribution >= 4 is 17.4 Å². The maximum absolute atomic E-state index is 5.71. The first-order chi connectivity index (χ1) is 7.18. The predicted octanol–water partition coefficient (Wildman–Crippen LogP) is 2.28. The highest BCUT2D eigenvalue weighted by Gasteiger charge is 1.96. The Labute approximate surface area is 96.4 Å². The zero-order valence-corrected chi connectivity index (χ0v) is 10.1. The van der Waals surface area contributed by atoms with Crippen LogP contribution in [-0.4, -0.2) is 17.5 Å². The highest BCUT2D eigenvalue weighted by atomic mass is 32.2. The number of hydrogen-bond donors (Lipinski definition) is 2. The molecule has 0 aromatic heterocycles. The fourth-order valence-electron chi connectivity index (χ4n) is 1.40. The molecule has 0 saturated heterocycles. The van der Waals surface area contributed by atoms with Crippen LogP contribution in [0.25, 0.3) is 0 Å². The van der Waals surface area contributed by atoms with Crippen molar-refractivity contribution in [2.24, 2.45) is 5.73 Å². The molecule has 0 heterocycles. The monoisotopic (exact) mass is 224 g/mol. The van der Waals surface area contributed by atoms with Crippen molar-refractivity contribution in [2.45, 2.75) is 25.8 Å². The van der Waals surface area contributed by atoms with E-state index in [1.165, 1.54) is 17.7 Å². The van der Waals surface area contributed by atoms with Crippen LogP contribution in [0.1, 0.15) is 18.9 Å². The van der Waals surface area contributed by atoms with Gasteiger partial charge in [0.05, 0.1) is 0 Å². The standard InChI is InChI=1S/C12H20N2S/c1-10(13)9-15-7-3-5-11-4-2-6-12(14)8-11/h2,4,6,8,10H,3,5,7,9,13-14H2,1H3. The van der Waals surface area contributed by atoms with Crippen molar-refractivity contribution in [2.75, 3.05) is 17.2 Å². The third-order valence-electron chi connectivity index (χ3n) is 2.09. The van der Waals surface area contributed by atoms with Gasteiger partial charge in [0.15, 0.2) is 0 Å². The normalized spacial score (nSPS) is 12.7. The van der Waals surface area contributed by atoms with E-state index in [4.69, 9.17) is 11.5 Å². The minimum absolute atomic E-state index is 0.308. The molecule has 84 valence electrons. The van der Waals surface area contributed by atoms with Crippen molar-refractivity contribution in [3.05, 3.63) is 29.8 Å². The molecule has 0 saturated carbocycles. The van der Waals surface area contributed by atoms with Gasteiger partial charge in [-0.2, -0.15) is 11.8 Å². The molecule has 1 aromatic rings. The van der Waals surface area contributed by atoms with E-state index in [9.17, 15) is 0 Å². The summed E-state index contributed by atoms with van der Waals surface area (Å²) in [5.74, 6) is 2.23. The topological polar surface area (TPSA) is 52.0 Å². The maximum Gasteiger partial charge on any atom is 0.0316 e. The molecule has 1 rings (SSSR count). The molecule has 1 unspecified atom stereocenters. The van der Waals surface area contributed by atoms with Crippen LogP contribution in [0.2, 0.25) is 0 Å². The number of hydrogen-bond acceptors (Lipinski definition) is 3. The molecule has 2 nitrogen and oxygen atoms in total. The average molecular weight is 224 g/mol. The van der Waals surface area contributed by atoms with Crippen molar-refractivity contribution < 1.29 is 0 Å². The number of thioether (sulfide) groups is 1. The van der Waals surface area contributed by atoms with E-state index in [0.29, 0.717) is 6.04 Å². The van der Waals surface area contributed by atoms with Gasteiger partial charge in [-0.25, -0.2) is 0 Å². The molecule has 4 N–H and O–H groups in total. The van der Waals surface area contributed by atoms with E-state index in [2.05, 4.69) is 12.1 Å². The second-order valence-electron chi connectivity index (χ2n) is 3.90. The van der Waals surface area contributed by atoms with Crippen molar-refractivity contribution in [1.82, 2.24) is 0 Å². The van der Waals surface area contributed by atoms with Gasteiger partial charge in [-0.05, 0) is 43.2 Å². The number of nitrogens with two attached hydrogens (primary N) is 2. The van der Waals surface area contributed by atoms with Gasteiger partial charge in [0, 0.05) is 17.5 Å². The van der Waals surface area contributed by atoms with E-state index >= 15 is 0 Å². The van der Waals surface area contributed by atoms with Crippen LogP contribution < -0.4 is 11.5 Å². The van der Waals surface area contributed by atoms with Crippen LogP contribution >= 0.6 is 11.8 Å². The Bertz CT molecular complexity index is 287. The maximum atomic E-state index is 5.71. The van der Waals surface area contributed by atoms with Crippen LogP contribution in [0.3, 0.4) is 0 Å². The highest BCUT2D eigenvalue weighted by molar-refractivity contribution is 7.99. The smallest absolute Gasteiger partial charge is 0.0316 e. The largest absolute Gasteiger partial charge is 0.399 e. The number of aryl methyl sites for hydroxylation is 1. The van der Waals surface area contributed by atoms with Gasteiger partial charge in [-0.1, -0.05) is 12.1 Å². The van der Waals surface area contributed by atoms with E-state index in [1.54, 1.807) is 0 Å². The first kappa shape index (κ1) is 12.4. The molecule has 0 spiro atoms. The van der Waals surface area contributed by atoms with Crippen LogP contribution in [-0.2, 0) is 6.42 Å². The van der Waals surface area contributed by atoms with E-state index < -0.39 is 0 Å². The Kier molecular flexibility index (Phi) is 5.58. The predicted molar refractivity (Wildman–Crippen MR) is 70.1 cm³/mol.